The van der Waals surface area contributed by atoms with Gasteiger partial charge in [-0.15, -0.1) is 0 Å². The molecule has 0 radical (unpaired) electrons. The van der Waals surface area contributed by atoms with E-state index in [1.807, 2.05) is 12.2 Å². The number of hydrogen-bond acceptors (Lipinski definition) is 10. The standard InChI is InChI=1S/C46H79O11P/c1-3-5-7-9-11-13-15-17-18-19-20-22-24-26-28-30-32-36-46(51)57-44(41-56-58(52,53)55-39-43(49)38-47)40-54-45(50)37-33-35-42(48)34-31-29-27-25-23-21-16-14-12-10-8-6-4-2/h6,8,12,14,17-18,21,23,27,29,31,34,42-44,47-49H,3-5,7,9-11,13,15-16,19-20,22,24-26,28,30,32-33,35-41H2,1-2H3,(H,52,53)/b8-6-,14-12-,18-17-,23-21-,29-27-,34-31+/t42?,43-,44+/m0/s1. The summed E-state index contributed by atoms with van der Waals surface area (Å²) >= 11 is 0. The number of allylic oxidation sites excluding steroid dienone is 11. The van der Waals surface area contributed by atoms with Crippen molar-refractivity contribution in [1.82, 2.24) is 0 Å². The molecule has 0 aliphatic rings. The SMILES string of the molecule is CC/C=C\C/C=C\C/C=C\C/C=C\C=C\C(O)CCCC(=O)OC[C@H](COP(=O)(O)OC[C@@H](O)CO)OC(=O)CCCCCCCCC/C=C\CCCCCCCC. The van der Waals surface area contributed by atoms with Gasteiger partial charge in [0.15, 0.2) is 6.10 Å². The van der Waals surface area contributed by atoms with E-state index in [1.165, 1.54) is 57.8 Å². The third-order valence-electron chi connectivity index (χ3n) is 8.95. The zero-order chi connectivity index (χ0) is 42.8. The summed E-state index contributed by atoms with van der Waals surface area (Å²) in [6.07, 6.45) is 43.2. The van der Waals surface area contributed by atoms with Crippen LogP contribution in [0.2, 0.25) is 0 Å². The van der Waals surface area contributed by atoms with Gasteiger partial charge in [-0.05, 0) is 70.6 Å². The number of phosphoric ester groups is 1. The molecule has 0 amide bonds. The highest BCUT2D eigenvalue weighted by Crippen LogP contribution is 2.43. The van der Waals surface area contributed by atoms with Crippen LogP contribution in [0.25, 0.3) is 0 Å². The first-order chi connectivity index (χ1) is 28.1. The number of rotatable bonds is 40. The van der Waals surface area contributed by atoms with Crippen molar-refractivity contribution in [2.75, 3.05) is 26.4 Å². The van der Waals surface area contributed by atoms with Crippen molar-refractivity contribution in [3.05, 3.63) is 72.9 Å². The summed E-state index contributed by atoms with van der Waals surface area (Å²) in [5.41, 5.74) is 0. The first kappa shape index (κ1) is 55.4. The smallest absolute Gasteiger partial charge is 0.462 e. The molecule has 0 aromatic heterocycles. The number of carbonyl (C=O) groups excluding carboxylic acids is 2. The van der Waals surface area contributed by atoms with Crippen molar-refractivity contribution in [1.29, 1.82) is 0 Å². The summed E-state index contributed by atoms with van der Waals surface area (Å²) in [6.45, 7) is 2.02. The summed E-state index contributed by atoms with van der Waals surface area (Å²) in [5, 5.41) is 28.6. The first-order valence-electron chi connectivity index (χ1n) is 22.0. The van der Waals surface area contributed by atoms with Crippen molar-refractivity contribution >= 4 is 19.8 Å². The molecule has 334 valence electrons. The fourth-order valence-electron chi connectivity index (χ4n) is 5.54. The molecule has 0 saturated heterocycles. The Balaban J connectivity index is 4.49. The Kier molecular flexibility index (Phi) is 39.3. The summed E-state index contributed by atoms with van der Waals surface area (Å²) in [7, 11) is -4.67. The van der Waals surface area contributed by atoms with Crippen molar-refractivity contribution in [2.45, 2.75) is 180 Å². The molecule has 0 bridgehead atoms. The van der Waals surface area contributed by atoms with Gasteiger partial charge in [0.25, 0.3) is 0 Å². The number of carbonyl (C=O) groups is 2. The lowest BCUT2D eigenvalue weighted by Crippen LogP contribution is -2.30. The fourth-order valence-corrected chi connectivity index (χ4v) is 6.33. The van der Waals surface area contributed by atoms with Gasteiger partial charge in [-0.2, -0.15) is 0 Å². The number of phosphoric acid groups is 1. The molecular formula is C46H79O11P. The normalized spacial score (nSPS) is 15.1. The number of esters is 2. The second-order valence-electron chi connectivity index (χ2n) is 14.5. The minimum atomic E-state index is -4.67. The molecule has 58 heavy (non-hydrogen) atoms. The molecule has 4 atom stereocenters. The second-order valence-corrected chi connectivity index (χ2v) is 16.0. The van der Waals surface area contributed by atoms with Crippen molar-refractivity contribution in [2.24, 2.45) is 0 Å². The predicted molar refractivity (Wildman–Crippen MR) is 234 cm³/mol. The van der Waals surface area contributed by atoms with Gasteiger partial charge in [0.2, 0.25) is 0 Å². The van der Waals surface area contributed by atoms with Crippen LogP contribution < -0.4 is 0 Å². The van der Waals surface area contributed by atoms with E-state index in [9.17, 15) is 29.3 Å². The van der Waals surface area contributed by atoms with Gasteiger partial charge in [0.05, 0.1) is 25.9 Å². The number of aliphatic hydroxyl groups is 3. The predicted octanol–water partition coefficient (Wildman–Crippen LogP) is 10.6. The molecule has 0 saturated carbocycles. The molecule has 0 fully saturated rings. The van der Waals surface area contributed by atoms with Crippen LogP contribution in [-0.2, 0) is 32.7 Å². The minimum absolute atomic E-state index is 0.00695. The average molecular weight is 839 g/mol. The maximum Gasteiger partial charge on any atom is 0.472 e. The highest BCUT2D eigenvalue weighted by atomic mass is 31.2. The number of hydrogen-bond donors (Lipinski definition) is 4. The molecule has 0 aliphatic heterocycles. The van der Waals surface area contributed by atoms with Crippen LogP contribution in [-0.4, -0.2) is 76.9 Å². The molecule has 0 heterocycles. The van der Waals surface area contributed by atoms with E-state index in [-0.39, 0.29) is 12.8 Å². The van der Waals surface area contributed by atoms with E-state index >= 15 is 0 Å². The van der Waals surface area contributed by atoms with E-state index in [2.05, 4.69) is 67.0 Å². The highest BCUT2D eigenvalue weighted by Gasteiger charge is 2.27. The van der Waals surface area contributed by atoms with Crippen molar-refractivity contribution in [3.63, 3.8) is 0 Å². The van der Waals surface area contributed by atoms with Gasteiger partial charge in [0, 0.05) is 12.8 Å². The van der Waals surface area contributed by atoms with Crippen LogP contribution in [0.3, 0.4) is 0 Å². The third kappa shape index (κ3) is 40.2. The fraction of sp³-hybridized carbons (Fsp3) is 0.696. The monoisotopic (exact) mass is 839 g/mol. The molecule has 12 heteroatoms. The first-order valence-corrected chi connectivity index (χ1v) is 23.5. The van der Waals surface area contributed by atoms with E-state index in [1.54, 1.807) is 12.2 Å². The van der Waals surface area contributed by atoms with E-state index < -0.39 is 64.5 Å². The van der Waals surface area contributed by atoms with Crippen molar-refractivity contribution in [3.8, 4) is 0 Å². The second kappa shape index (κ2) is 41.1. The van der Waals surface area contributed by atoms with Crippen LogP contribution in [0.1, 0.15) is 162 Å². The molecule has 2 unspecified atom stereocenters. The van der Waals surface area contributed by atoms with Gasteiger partial charge in [0.1, 0.15) is 12.7 Å². The van der Waals surface area contributed by atoms with E-state index in [0.29, 0.717) is 19.3 Å². The third-order valence-corrected chi connectivity index (χ3v) is 9.90. The lowest BCUT2D eigenvalue weighted by Gasteiger charge is -2.20. The van der Waals surface area contributed by atoms with Gasteiger partial charge >= 0.3 is 19.8 Å². The Hall–Kier alpha value is -2.63. The van der Waals surface area contributed by atoms with Crippen LogP contribution in [0, 0.1) is 0 Å². The lowest BCUT2D eigenvalue weighted by molar-refractivity contribution is -0.161. The van der Waals surface area contributed by atoms with E-state index in [4.69, 9.17) is 19.1 Å². The Morgan fingerprint density at radius 1 is 0.603 bits per heavy atom. The molecule has 0 aliphatic carbocycles. The molecule has 0 aromatic carbocycles. The Morgan fingerprint density at radius 3 is 1.74 bits per heavy atom. The maximum absolute atomic E-state index is 12.6. The summed E-state index contributed by atoms with van der Waals surface area (Å²) in [4.78, 5) is 35.0. The molecule has 11 nitrogen and oxygen atoms in total. The molecule has 4 N–H and O–H groups in total. The van der Waals surface area contributed by atoms with Crippen LogP contribution in [0.15, 0.2) is 72.9 Å². The Labute approximate surface area is 351 Å². The quantitative estimate of drug-likeness (QED) is 0.0152. The highest BCUT2D eigenvalue weighted by molar-refractivity contribution is 7.47. The van der Waals surface area contributed by atoms with Crippen LogP contribution >= 0.6 is 7.82 Å². The summed E-state index contributed by atoms with van der Waals surface area (Å²) < 4.78 is 32.6. The molecule has 0 aromatic rings. The number of ether oxygens (including phenoxy) is 2. The largest absolute Gasteiger partial charge is 0.472 e. The maximum atomic E-state index is 12.6. The Morgan fingerprint density at radius 2 is 1.14 bits per heavy atom. The molecular weight excluding hydrogens is 759 g/mol. The average Bonchev–Trinajstić information content (AvgIpc) is 3.20. The van der Waals surface area contributed by atoms with Gasteiger partial charge < -0.3 is 29.7 Å². The van der Waals surface area contributed by atoms with Crippen LogP contribution in [0.5, 0.6) is 0 Å². The summed E-state index contributed by atoms with van der Waals surface area (Å²) in [5.74, 6) is -1.14. The van der Waals surface area contributed by atoms with Crippen LogP contribution in [0.4, 0.5) is 0 Å². The molecule has 0 spiro atoms. The number of aliphatic hydroxyl groups excluding tert-OH is 3. The Bertz CT molecular complexity index is 1210. The van der Waals surface area contributed by atoms with Crippen molar-refractivity contribution < 1.29 is 52.9 Å². The lowest BCUT2D eigenvalue weighted by atomic mass is 10.1. The zero-order valence-electron chi connectivity index (χ0n) is 35.8. The zero-order valence-corrected chi connectivity index (χ0v) is 36.7. The topological polar surface area (TPSA) is 169 Å². The minimum Gasteiger partial charge on any atom is -0.462 e. The van der Waals surface area contributed by atoms with Gasteiger partial charge in [-0.3, -0.25) is 18.6 Å². The van der Waals surface area contributed by atoms with E-state index in [0.717, 1.165) is 57.8 Å². The van der Waals surface area contributed by atoms with Gasteiger partial charge in [-0.25, -0.2) is 4.57 Å². The van der Waals surface area contributed by atoms with Gasteiger partial charge in [-0.1, -0.05) is 151 Å². The summed E-state index contributed by atoms with van der Waals surface area (Å²) in [6, 6.07) is 0. The molecule has 0 rings (SSSR count). The number of unbranched alkanes of at least 4 members (excludes halogenated alkanes) is 13.